The van der Waals surface area contributed by atoms with Crippen LogP contribution in [-0.4, -0.2) is 70.0 Å². The van der Waals surface area contributed by atoms with Gasteiger partial charge in [-0.25, -0.2) is 0 Å². The lowest BCUT2D eigenvalue weighted by atomic mass is 10.1. The molecule has 3 N–H and O–H groups in total. The molecule has 1 fully saturated rings. The van der Waals surface area contributed by atoms with Crippen LogP contribution in [0.5, 0.6) is 11.5 Å². The predicted octanol–water partition coefficient (Wildman–Crippen LogP) is 3.52. The maximum Gasteiger partial charge on any atom is 0.446 e. The first-order valence-electron chi connectivity index (χ1n) is 12.2. The second-order valence-corrected chi connectivity index (χ2v) is 10.0. The van der Waals surface area contributed by atoms with Crippen molar-refractivity contribution < 1.29 is 31.5 Å². The highest BCUT2D eigenvalue weighted by Crippen LogP contribution is 2.34. The Balaban J connectivity index is 1.57. The fourth-order valence-corrected chi connectivity index (χ4v) is 4.56. The Morgan fingerprint density at radius 2 is 1.49 bits per heavy atom. The van der Waals surface area contributed by atoms with Crippen LogP contribution in [0.25, 0.3) is 0 Å². The second-order valence-electron chi connectivity index (χ2n) is 9.02. The molecule has 0 bridgehead atoms. The molecule has 0 atom stereocenters. The van der Waals surface area contributed by atoms with Crippen LogP contribution in [0.1, 0.15) is 27.1 Å². The molecule has 39 heavy (non-hydrogen) atoms. The van der Waals surface area contributed by atoms with Crippen LogP contribution < -0.4 is 24.5 Å². The number of carbonyl (C=O) groups is 2. The highest BCUT2D eigenvalue weighted by atomic mass is 32.3. The summed E-state index contributed by atoms with van der Waals surface area (Å²) in [5.41, 5.74) is 1.52. The van der Waals surface area contributed by atoms with Crippen molar-refractivity contribution in [3.05, 3.63) is 77.9 Å². The van der Waals surface area contributed by atoms with E-state index in [2.05, 4.69) is 31.7 Å². The maximum absolute atomic E-state index is 13.2. The van der Waals surface area contributed by atoms with Crippen molar-refractivity contribution >= 4 is 39.3 Å². The molecule has 3 aromatic rings. The van der Waals surface area contributed by atoms with Crippen LogP contribution in [0.3, 0.4) is 0 Å². The number of hydrogen-bond acceptors (Lipinski definition) is 8. The van der Waals surface area contributed by atoms with Crippen molar-refractivity contribution in [2.45, 2.75) is 6.42 Å². The first-order valence-corrected chi connectivity index (χ1v) is 13.6. The Kier molecular flexibility index (Phi) is 8.69. The van der Waals surface area contributed by atoms with Crippen molar-refractivity contribution in [2.24, 2.45) is 0 Å². The van der Waals surface area contributed by atoms with Crippen LogP contribution in [0.4, 0.5) is 17.1 Å². The molecule has 0 radical (unpaired) electrons. The number of benzene rings is 3. The van der Waals surface area contributed by atoms with E-state index in [1.807, 2.05) is 12.1 Å². The zero-order valence-corrected chi connectivity index (χ0v) is 22.4. The molecule has 0 saturated carbocycles. The van der Waals surface area contributed by atoms with Crippen LogP contribution in [-0.2, 0) is 10.4 Å². The average Bonchev–Trinajstić information content (AvgIpc) is 3.14. The molecule has 2 amide bonds. The summed E-state index contributed by atoms with van der Waals surface area (Å²) in [6.07, 6.45) is 1.04. The lowest BCUT2D eigenvalue weighted by Crippen LogP contribution is -2.28. The van der Waals surface area contributed by atoms with Gasteiger partial charge in [-0.1, -0.05) is 6.07 Å². The molecule has 1 aliphatic rings. The summed E-state index contributed by atoms with van der Waals surface area (Å²) in [7, 11) is -1.32. The van der Waals surface area contributed by atoms with Crippen LogP contribution in [0, 0.1) is 0 Å². The molecule has 11 nitrogen and oxygen atoms in total. The lowest BCUT2D eigenvalue weighted by Gasteiger charge is -2.23. The third-order valence-corrected chi connectivity index (χ3v) is 6.66. The van der Waals surface area contributed by atoms with Crippen LogP contribution >= 0.6 is 0 Å². The maximum atomic E-state index is 13.2. The van der Waals surface area contributed by atoms with Gasteiger partial charge in [-0.2, -0.15) is 8.42 Å². The van der Waals surface area contributed by atoms with E-state index in [1.165, 1.54) is 25.3 Å². The Morgan fingerprint density at radius 3 is 2.13 bits per heavy atom. The summed E-state index contributed by atoms with van der Waals surface area (Å²) in [6, 6.07) is 17.5. The van der Waals surface area contributed by atoms with E-state index in [0.29, 0.717) is 16.9 Å². The van der Waals surface area contributed by atoms with E-state index in [9.17, 15) is 22.6 Å². The van der Waals surface area contributed by atoms with Crippen LogP contribution in [0.2, 0.25) is 0 Å². The number of anilines is 3. The van der Waals surface area contributed by atoms with Crippen molar-refractivity contribution in [3.63, 3.8) is 0 Å². The minimum atomic E-state index is -4.92. The van der Waals surface area contributed by atoms with Gasteiger partial charge in [0, 0.05) is 36.4 Å². The predicted molar refractivity (Wildman–Crippen MR) is 148 cm³/mol. The van der Waals surface area contributed by atoms with Gasteiger partial charge in [0.25, 0.3) is 11.8 Å². The number of hydrogen-bond donors (Lipinski definition) is 3. The average molecular weight is 555 g/mol. The summed E-state index contributed by atoms with van der Waals surface area (Å²) in [5.74, 6) is -0.894. The van der Waals surface area contributed by atoms with Gasteiger partial charge in [-0.15, -0.1) is 0 Å². The van der Waals surface area contributed by atoms with E-state index in [-0.39, 0.29) is 17.1 Å². The molecular weight excluding hydrogens is 524 g/mol. The minimum absolute atomic E-state index is 0.0654. The first kappa shape index (κ1) is 27.9. The van der Waals surface area contributed by atoms with Crippen molar-refractivity contribution in [3.8, 4) is 11.5 Å². The van der Waals surface area contributed by atoms with Crippen molar-refractivity contribution in [1.82, 2.24) is 4.90 Å². The molecule has 12 heteroatoms. The highest BCUT2D eigenvalue weighted by Gasteiger charge is 2.20. The third kappa shape index (κ3) is 7.47. The third-order valence-electron chi connectivity index (χ3n) is 6.27. The second kappa shape index (κ2) is 12.2. The number of methoxy groups -OCH3 is 1. The number of amides is 2. The molecule has 1 aliphatic heterocycles. The smallest absolute Gasteiger partial charge is 0.446 e. The van der Waals surface area contributed by atoms with Gasteiger partial charge in [0.05, 0.1) is 12.8 Å². The first-order chi connectivity index (χ1) is 18.6. The van der Waals surface area contributed by atoms with Gasteiger partial charge >= 0.3 is 10.4 Å². The fourth-order valence-electron chi connectivity index (χ4n) is 4.20. The Labute approximate surface area is 227 Å². The van der Waals surface area contributed by atoms with E-state index in [4.69, 9.17) is 4.74 Å². The number of nitrogens with one attached hydrogen (secondary N) is 2. The van der Waals surface area contributed by atoms with E-state index in [1.54, 1.807) is 36.4 Å². The number of ether oxygens (including phenoxy) is 1. The number of carbonyl (C=O) groups excluding carboxylic acids is 2. The summed E-state index contributed by atoms with van der Waals surface area (Å²) < 4.78 is 42.0. The molecule has 1 heterocycles. The summed E-state index contributed by atoms with van der Waals surface area (Å²) in [6.45, 7) is 3.75. The highest BCUT2D eigenvalue weighted by molar-refractivity contribution is 7.81. The molecule has 0 unspecified atom stereocenters. The van der Waals surface area contributed by atoms with E-state index in [0.717, 1.165) is 38.3 Å². The number of nitrogens with zero attached hydrogens (tertiary/aromatic N) is 2. The van der Waals surface area contributed by atoms with Gasteiger partial charge in [-0.3, -0.25) is 14.1 Å². The Hall–Kier alpha value is -4.13. The zero-order chi connectivity index (χ0) is 28.0. The van der Waals surface area contributed by atoms with Gasteiger partial charge in [0.2, 0.25) is 0 Å². The van der Waals surface area contributed by atoms with Gasteiger partial charge in [0.15, 0.2) is 5.75 Å². The summed E-state index contributed by atoms with van der Waals surface area (Å²) >= 11 is 0. The van der Waals surface area contributed by atoms with Gasteiger partial charge in [-0.05, 0) is 80.7 Å². The molecule has 3 aromatic carbocycles. The summed E-state index contributed by atoms with van der Waals surface area (Å²) in [4.78, 5) is 30.6. The monoisotopic (exact) mass is 554 g/mol. The SMILES string of the molecule is COc1ccc(C(=O)Nc2cccc(OS(=O)(=O)O)c2NC(=O)c2ccc(N3CCCN(C)CC3)cc2)cc1. The fraction of sp³-hybridized carbons (Fsp3) is 0.259. The van der Waals surface area contributed by atoms with Gasteiger partial charge < -0.3 is 29.4 Å². The standard InChI is InChI=1S/C27H30N4O7S/c1-30-15-4-16-31(18-17-30)21-11-7-19(8-12-21)27(33)29-25-23(5-3-6-24(25)38-39(34,35)36)28-26(32)20-9-13-22(37-2)14-10-20/h3,5-14H,4,15-18H2,1-2H3,(H,28,32)(H,29,33)(H,34,35,36). The Bertz CT molecular complexity index is 1430. The van der Waals surface area contributed by atoms with Crippen molar-refractivity contribution in [2.75, 3.05) is 55.9 Å². The Morgan fingerprint density at radius 1 is 0.846 bits per heavy atom. The molecule has 0 aliphatic carbocycles. The molecule has 206 valence electrons. The number of para-hydroxylation sites is 1. The lowest BCUT2D eigenvalue weighted by molar-refractivity contribution is 0.101. The minimum Gasteiger partial charge on any atom is -0.497 e. The van der Waals surface area contributed by atoms with Gasteiger partial charge in [0.1, 0.15) is 11.4 Å². The normalized spacial score (nSPS) is 14.3. The van der Waals surface area contributed by atoms with E-state index < -0.39 is 22.2 Å². The molecule has 0 spiro atoms. The zero-order valence-electron chi connectivity index (χ0n) is 21.6. The van der Waals surface area contributed by atoms with Crippen LogP contribution in [0.15, 0.2) is 66.7 Å². The quantitative estimate of drug-likeness (QED) is 0.357. The largest absolute Gasteiger partial charge is 0.497 e. The number of rotatable bonds is 8. The molecule has 0 aromatic heterocycles. The van der Waals surface area contributed by atoms with E-state index >= 15 is 0 Å². The topological polar surface area (TPSA) is 138 Å². The molecular formula is C27H30N4O7S. The van der Waals surface area contributed by atoms with Crippen molar-refractivity contribution in [1.29, 1.82) is 0 Å². The molecule has 1 saturated heterocycles. The molecule has 4 rings (SSSR count). The number of likely N-dealkylation sites (N-methyl/N-ethyl adjacent to an activating group) is 1. The summed E-state index contributed by atoms with van der Waals surface area (Å²) in [5, 5.41) is 5.26.